The molecule has 0 spiro atoms. The molecule has 2 aromatic rings. The molecule has 0 amide bonds. The van der Waals surface area contributed by atoms with Gasteiger partial charge in [-0.25, -0.2) is 0 Å². The lowest BCUT2D eigenvalue weighted by molar-refractivity contribution is 0.0891. The van der Waals surface area contributed by atoms with Gasteiger partial charge in [-0.3, -0.25) is 9.59 Å². The quantitative estimate of drug-likeness (QED) is 0.280. The average Bonchev–Trinajstić information content (AvgIpc) is 2.50. The Labute approximate surface area is 129 Å². The van der Waals surface area contributed by atoms with Crippen LogP contribution in [0.2, 0.25) is 0 Å². The lowest BCUT2D eigenvalue weighted by atomic mass is 9.99. The number of ketones is 2. The summed E-state index contributed by atoms with van der Waals surface area (Å²) in [6.07, 6.45) is -0.782. The first kappa shape index (κ1) is 16.0. The molecule has 0 bridgehead atoms. The maximum atomic E-state index is 12.0. The van der Waals surface area contributed by atoms with Gasteiger partial charge in [-0.2, -0.15) is 0 Å². The zero-order valence-corrected chi connectivity index (χ0v) is 11.5. The summed E-state index contributed by atoms with van der Waals surface area (Å²) in [5.74, 6) is -6.56. The fraction of sp³-hybridized carbons (Fsp3) is 0.0667. The van der Waals surface area contributed by atoms with Crippen LogP contribution >= 0.6 is 0 Å². The molecule has 2 rings (SSSR count). The highest BCUT2D eigenvalue weighted by atomic mass is 16.3. The van der Waals surface area contributed by atoms with Crippen LogP contribution in [0.15, 0.2) is 24.3 Å². The molecule has 0 saturated carbocycles. The molecule has 120 valence electrons. The summed E-state index contributed by atoms with van der Waals surface area (Å²) in [5.41, 5.74) is -0.785. The third kappa shape index (κ3) is 2.82. The van der Waals surface area contributed by atoms with Gasteiger partial charge >= 0.3 is 0 Å². The predicted molar refractivity (Wildman–Crippen MR) is 76.2 cm³/mol. The van der Waals surface area contributed by atoms with Gasteiger partial charge in [0.1, 0.15) is 0 Å². The maximum Gasteiger partial charge on any atom is 0.201 e. The smallest absolute Gasteiger partial charge is 0.201 e. The van der Waals surface area contributed by atoms with Crippen LogP contribution in [0.4, 0.5) is 0 Å². The van der Waals surface area contributed by atoms with E-state index in [0.29, 0.717) is 0 Å². The minimum absolute atomic E-state index is 0.392. The van der Waals surface area contributed by atoms with Crippen molar-refractivity contribution in [3.05, 3.63) is 35.4 Å². The van der Waals surface area contributed by atoms with Gasteiger partial charge in [-0.05, 0) is 24.3 Å². The number of carbonyl (C=O) groups is 2. The average molecular weight is 320 g/mol. The van der Waals surface area contributed by atoms with E-state index in [1.165, 1.54) is 0 Å². The summed E-state index contributed by atoms with van der Waals surface area (Å²) >= 11 is 0. The minimum atomic E-state index is -0.895. The molecule has 0 aromatic heterocycles. The van der Waals surface area contributed by atoms with E-state index in [9.17, 15) is 40.2 Å². The zero-order valence-electron chi connectivity index (χ0n) is 11.5. The summed E-state index contributed by atoms with van der Waals surface area (Å²) in [7, 11) is 0. The number of carbonyl (C=O) groups excluding carboxylic acids is 2. The van der Waals surface area contributed by atoms with Crippen LogP contribution in [-0.4, -0.2) is 42.2 Å². The maximum absolute atomic E-state index is 12.0. The van der Waals surface area contributed by atoms with Gasteiger partial charge < -0.3 is 30.6 Å². The van der Waals surface area contributed by atoms with Gasteiger partial charge in [0.05, 0.1) is 17.5 Å². The molecule has 2 aromatic carbocycles. The second-order valence-electron chi connectivity index (χ2n) is 4.68. The molecular weight excluding hydrogens is 308 g/mol. The van der Waals surface area contributed by atoms with E-state index in [1.807, 2.05) is 0 Å². The van der Waals surface area contributed by atoms with Gasteiger partial charge in [0.15, 0.2) is 34.6 Å². The molecule has 0 saturated heterocycles. The van der Waals surface area contributed by atoms with Gasteiger partial charge in [0.25, 0.3) is 0 Å². The van der Waals surface area contributed by atoms with Crippen LogP contribution in [0.1, 0.15) is 27.1 Å². The zero-order chi connectivity index (χ0) is 17.3. The molecular formula is C15H12O8. The number of rotatable bonds is 4. The second-order valence-corrected chi connectivity index (χ2v) is 4.68. The molecule has 0 unspecified atom stereocenters. The summed E-state index contributed by atoms with van der Waals surface area (Å²) in [6.45, 7) is 0. The van der Waals surface area contributed by atoms with Crippen molar-refractivity contribution in [3.8, 4) is 34.5 Å². The number of hydrogen-bond donors (Lipinski definition) is 6. The predicted octanol–water partition coefficient (Wildman–Crippen LogP) is 1.38. The van der Waals surface area contributed by atoms with Gasteiger partial charge in [-0.1, -0.05) is 0 Å². The van der Waals surface area contributed by atoms with Gasteiger partial charge in [-0.15, -0.1) is 0 Å². The molecule has 0 fully saturated rings. The minimum Gasteiger partial charge on any atom is -0.504 e. The van der Waals surface area contributed by atoms with E-state index in [1.54, 1.807) is 0 Å². The Balaban J connectivity index is 2.29. The van der Waals surface area contributed by atoms with E-state index in [-0.39, 0.29) is 0 Å². The van der Waals surface area contributed by atoms with Crippen molar-refractivity contribution in [2.45, 2.75) is 6.42 Å². The standard InChI is InChI=1S/C15H12O8/c16-8-3-1-6(12(20)14(8)22)10(18)5-11(19)7-2-4-9(17)15(23)13(7)21/h1-4,16-17,20-23H,5H2. The highest BCUT2D eigenvalue weighted by molar-refractivity contribution is 6.15. The number of phenols is 6. The number of hydrogen-bond acceptors (Lipinski definition) is 8. The number of aromatic hydroxyl groups is 6. The van der Waals surface area contributed by atoms with E-state index < -0.39 is 63.6 Å². The monoisotopic (exact) mass is 320 g/mol. The van der Waals surface area contributed by atoms with Crippen LogP contribution in [0.25, 0.3) is 0 Å². The van der Waals surface area contributed by atoms with Crippen molar-refractivity contribution >= 4 is 11.6 Å². The first-order chi connectivity index (χ1) is 10.7. The van der Waals surface area contributed by atoms with Crippen molar-refractivity contribution in [1.82, 2.24) is 0 Å². The van der Waals surface area contributed by atoms with E-state index in [0.717, 1.165) is 24.3 Å². The van der Waals surface area contributed by atoms with Crippen molar-refractivity contribution in [1.29, 1.82) is 0 Å². The third-order valence-electron chi connectivity index (χ3n) is 3.18. The SMILES string of the molecule is O=C(CC(=O)c1ccc(O)c(O)c1O)c1ccc(O)c(O)c1O. The third-order valence-corrected chi connectivity index (χ3v) is 3.18. The summed E-state index contributed by atoms with van der Waals surface area (Å²) in [6, 6.07) is 3.98. The lowest BCUT2D eigenvalue weighted by Crippen LogP contribution is -2.09. The van der Waals surface area contributed by atoms with Crippen molar-refractivity contribution < 1.29 is 40.2 Å². The lowest BCUT2D eigenvalue weighted by Gasteiger charge is -2.08. The van der Waals surface area contributed by atoms with Gasteiger partial charge in [0, 0.05) is 0 Å². The first-order valence-electron chi connectivity index (χ1n) is 6.28. The Bertz CT molecular complexity index is 742. The number of Topliss-reactive ketones (excluding diaryl/α,β-unsaturated/α-hetero) is 2. The van der Waals surface area contributed by atoms with Crippen molar-refractivity contribution in [3.63, 3.8) is 0 Å². The Morgan fingerprint density at radius 2 is 0.957 bits per heavy atom. The van der Waals surface area contributed by atoms with Crippen molar-refractivity contribution in [2.75, 3.05) is 0 Å². The van der Waals surface area contributed by atoms with E-state index in [4.69, 9.17) is 0 Å². The highest BCUT2D eigenvalue weighted by Crippen LogP contribution is 2.39. The molecule has 0 aliphatic heterocycles. The summed E-state index contributed by atoms with van der Waals surface area (Å²) in [4.78, 5) is 24.0. The second kappa shape index (κ2) is 5.76. The molecule has 0 radical (unpaired) electrons. The topological polar surface area (TPSA) is 156 Å². The first-order valence-corrected chi connectivity index (χ1v) is 6.28. The molecule has 0 atom stereocenters. The molecule has 8 heteroatoms. The molecule has 8 nitrogen and oxygen atoms in total. The van der Waals surface area contributed by atoms with E-state index >= 15 is 0 Å². The molecule has 23 heavy (non-hydrogen) atoms. The normalized spacial score (nSPS) is 10.4. The molecule has 6 N–H and O–H groups in total. The molecule has 0 aliphatic carbocycles. The van der Waals surface area contributed by atoms with Crippen LogP contribution in [0, 0.1) is 0 Å². The summed E-state index contributed by atoms with van der Waals surface area (Å²) < 4.78 is 0. The Hall–Kier alpha value is -3.42. The highest BCUT2D eigenvalue weighted by Gasteiger charge is 2.23. The summed E-state index contributed by atoms with van der Waals surface area (Å²) in [5, 5.41) is 56.3. The van der Waals surface area contributed by atoms with Crippen LogP contribution in [-0.2, 0) is 0 Å². The van der Waals surface area contributed by atoms with Crippen molar-refractivity contribution in [2.24, 2.45) is 0 Å². The van der Waals surface area contributed by atoms with Crippen LogP contribution in [0.5, 0.6) is 34.5 Å². The number of benzene rings is 2. The number of phenolic OH excluding ortho intramolecular Hbond substituents is 6. The molecule has 0 heterocycles. The Morgan fingerprint density at radius 3 is 1.30 bits per heavy atom. The fourth-order valence-corrected chi connectivity index (χ4v) is 1.92. The van der Waals surface area contributed by atoms with E-state index in [2.05, 4.69) is 0 Å². The van der Waals surface area contributed by atoms with Gasteiger partial charge in [0.2, 0.25) is 11.5 Å². The Morgan fingerprint density at radius 1 is 0.609 bits per heavy atom. The fourth-order valence-electron chi connectivity index (χ4n) is 1.92. The van der Waals surface area contributed by atoms with Crippen LogP contribution in [0.3, 0.4) is 0 Å². The molecule has 0 aliphatic rings. The largest absolute Gasteiger partial charge is 0.504 e. The Kier molecular flexibility index (Phi) is 4.00. The van der Waals surface area contributed by atoms with Crippen LogP contribution < -0.4 is 0 Å².